The fourth-order valence-corrected chi connectivity index (χ4v) is 3.24. The summed E-state index contributed by atoms with van der Waals surface area (Å²) in [7, 11) is 0. The summed E-state index contributed by atoms with van der Waals surface area (Å²) in [6.07, 6.45) is 0.866. The largest absolute Gasteiger partial charge is 0.366 e. The van der Waals surface area contributed by atoms with Crippen molar-refractivity contribution in [3.8, 4) is 11.1 Å². The van der Waals surface area contributed by atoms with Crippen LogP contribution in [0.1, 0.15) is 23.9 Å². The zero-order valence-electron chi connectivity index (χ0n) is 15.1. The van der Waals surface area contributed by atoms with Crippen LogP contribution < -0.4 is 5.32 Å². The SMILES string of the molecule is CCc1nn2c(NCc3ccccc3)cc(C)nc2c1-c1ccccc1. The maximum Gasteiger partial charge on any atom is 0.165 e. The molecule has 4 rings (SSSR count). The van der Waals surface area contributed by atoms with Crippen LogP contribution in [0, 0.1) is 6.92 Å². The van der Waals surface area contributed by atoms with Crippen molar-refractivity contribution in [1.82, 2.24) is 14.6 Å². The van der Waals surface area contributed by atoms with E-state index in [4.69, 9.17) is 10.1 Å². The van der Waals surface area contributed by atoms with Crippen molar-refractivity contribution in [1.29, 1.82) is 0 Å². The number of hydrogen-bond acceptors (Lipinski definition) is 3. The van der Waals surface area contributed by atoms with Crippen LogP contribution in [0.15, 0.2) is 66.7 Å². The van der Waals surface area contributed by atoms with E-state index in [2.05, 4.69) is 66.8 Å². The van der Waals surface area contributed by atoms with Gasteiger partial charge in [-0.2, -0.15) is 9.61 Å². The number of rotatable bonds is 5. The highest BCUT2D eigenvalue weighted by Gasteiger charge is 2.17. The van der Waals surface area contributed by atoms with E-state index in [0.717, 1.165) is 46.9 Å². The molecule has 0 amide bonds. The molecule has 4 heteroatoms. The lowest BCUT2D eigenvalue weighted by Gasteiger charge is -2.10. The Labute approximate surface area is 153 Å². The first kappa shape index (κ1) is 16.3. The standard InChI is InChI=1S/C22H22N4/c1-3-19-21(18-12-8-5-9-13-18)22-24-16(2)14-20(26(22)25-19)23-15-17-10-6-4-7-11-17/h4-14,23H,3,15H2,1-2H3. The summed E-state index contributed by atoms with van der Waals surface area (Å²) in [6, 6.07) is 22.8. The first-order valence-corrected chi connectivity index (χ1v) is 8.98. The van der Waals surface area contributed by atoms with Gasteiger partial charge < -0.3 is 5.32 Å². The molecule has 2 heterocycles. The number of fused-ring (bicyclic) bond motifs is 1. The predicted molar refractivity (Wildman–Crippen MR) is 106 cm³/mol. The lowest BCUT2D eigenvalue weighted by Crippen LogP contribution is -2.07. The molecule has 0 unspecified atom stereocenters. The predicted octanol–water partition coefficient (Wildman–Crippen LogP) is 4.88. The van der Waals surface area contributed by atoms with Gasteiger partial charge in [0.1, 0.15) is 5.82 Å². The van der Waals surface area contributed by atoms with Crippen LogP contribution in [0.4, 0.5) is 5.82 Å². The van der Waals surface area contributed by atoms with Gasteiger partial charge in [0.25, 0.3) is 0 Å². The van der Waals surface area contributed by atoms with Gasteiger partial charge in [-0.3, -0.25) is 0 Å². The number of nitrogens with zero attached hydrogens (tertiary/aromatic N) is 3. The first-order valence-electron chi connectivity index (χ1n) is 8.98. The molecule has 2 aromatic carbocycles. The van der Waals surface area contributed by atoms with Crippen molar-refractivity contribution in [3.63, 3.8) is 0 Å². The molecule has 0 saturated heterocycles. The minimum Gasteiger partial charge on any atom is -0.366 e. The second kappa shape index (κ2) is 7.00. The van der Waals surface area contributed by atoms with Gasteiger partial charge in [-0.05, 0) is 24.5 Å². The Bertz CT molecular complexity index is 1020. The highest BCUT2D eigenvalue weighted by molar-refractivity contribution is 5.81. The Morgan fingerprint density at radius 2 is 1.65 bits per heavy atom. The lowest BCUT2D eigenvalue weighted by atomic mass is 10.0. The number of nitrogens with one attached hydrogen (secondary N) is 1. The molecular weight excluding hydrogens is 320 g/mol. The van der Waals surface area contributed by atoms with Gasteiger partial charge in [0.15, 0.2) is 5.65 Å². The van der Waals surface area contributed by atoms with Gasteiger partial charge in [-0.1, -0.05) is 67.6 Å². The summed E-state index contributed by atoms with van der Waals surface area (Å²) in [5.74, 6) is 0.966. The molecule has 4 nitrogen and oxygen atoms in total. The van der Waals surface area contributed by atoms with Gasteiger partial charge in [0.2, 0.25) is 0 Å². The molecule has 0 bridgehead atoms. The summed E-state index contributed by atoms with van der Waals surface area (Å²) in [4.78, 5) is 4.80. The molecule has 26 heavy (non-hydrogen) atoms. The Hall–Kier alpha value is -3.14. The van der Waals surface area contributed by atoms with Gasteiger partial charge in [-0.15, -0.1) is 0 Å². The second-order valence-corrected chi connectivity index (χ2v) is 6.40. The van der Waals surface area contributed by atoms with Crippen LogP contribution in [0.3, 0.4) is 0 Å². The minimum atomic E-state index is 0.751. The third kappa shape index (κ3) is 3.06. The Morgan fingerprint density at radius 3 is 2.35 bits per heavy atom. The van der Waals surface area contributed by atoms with Crippen LogP contribution >= 0.6 is 0 Å². The van der Waals surface area contributed by atoms with Crippen molar-refractivity contribution in [3.05, 3.63) is 83.7 Å². The molecule has 0 spiro atoms. The molecule has 0 aliphatic heterocycles. The monoisotopic (exact) mass is 342 g/mol. The third-order valence-electron chi connectivity index (χ3n) is 4.50. The smallest absolute Gasteiger partial charge is 0.165 e. The molecule has 0 aliphatic carbocycles. The van der Waals surface area contributed by atoms with Crippen molar-refractivity contribution < 1.29 is 0 Å². The van der Waals surface area contributed by atoms with Gasteiger partial charge in [-0.25, -0.2) is 4.98 Å². The molecule has 130 valence electrons. The van der Waals surface area contributed by atoms with Crippen LogP contribution in [-0.4, -0.2) is 14.6 Å². The number of hydrogen-bond donors (Lipinski definition) is 1. The number of aryl methyl sites for hydroxylation is 2. The van der Waals surface area contributed by atoms with Crippen LogP contribution in [0.25, 0.3) is 16.8 Å². The summed E-state index contributed by atoms with van der Waals surface area (Å²) in [5, 5.41) is 8.37. The van der Waals surface area contributed by atoms with E-state index < -0.39 is 0 Å². The van der Waals surface area contributed by atoms with Crippen molar-refractivity contribution in [2.75, 3.05) is 5.32 Å². The normalized spacial score (nSPS) is 11.0. The van der Waals surface area contributed by atoms with Crippen LogP contribution in [-0.2, 0) is 13.0 Å². The fraction of sp³-hybridized carbons (Fsp3) is 0.182. The molecule has 0 radical (unpaired) electrons. The summed E-state index contributed by atoms with van der Waals surface area (Å²) >= 11 is 0. The molecule has 0 atom stereocenters. The molecular formula is C22H22N4. The molecule has 0 fully saturated rings. The van der Waals surface area contributed by atoms with E-state index in [9.17, 15) is 0 Å². The first-order chi connectivity index (χ1) is 12.8. The van der Waals surface area contributed by atoms with Gasteiger partial charge >= 0.3 is 0 Å². The Morgan fingerprint density at radius 1 is 0.962 bits per heavy atom. The summed E-state index contributed by atoms with van der Waals surface area (Å²) in [5.41, 5.74) is 6.47. The molecule has 4 aromatic rings. The Balaban J connectivity index is 1.81. The number of anilines is 1. The quantitative estimate of drug-likeness (QED) is 0.562. The highest BCUT2D eigenvalue weighted by atomic mass is 15.3. The van der Waals surface area contributed by atoms with Crippen LogP contribution in [0.2, 0.25) is 0 Å². The van der Waals surface area contributed by atoms with E-state index in [-0.39, 0.29) is 0 Å². The zero-order chi connectivity index (χ0) is 17.9. The van der Waals surface area contributed by atoms with Gasteiger partial charge in [0.05, 0.1) is 5.69 Å². The fourth-order valence-electron chi connectivity index (χ4n) is 3.24. The lowest BCUT2D eigenvalue weighted by molar-refractivity contribution is 0.876. The molecule has 0 aliphatic rings. The minimum absolute atomic E-state index is 0.751. The topological polar surface area (TPSA) is 42.2 Å². The summed E-state index contributed by atoms with van der Waals surface area (Å²) < 4.78 is 1.94. The van der Waals surface area contributed by atoms with E-state index in [1.807, 2.05) is 23.6 Å². The highest BCUT2D eigenvalue weighted by Crippen LogP contribution is 2.30. The number of aromatic nitrogens is 3. The third-order valence-corrected chi connectivity index (χ3v) is 4.50. The molecule has 1 N–H and O–H groups in total. The zero-order valence-corrected chi connectivity index (χ0v) is 15.1. The Kier molecular flexibility index (Phi) is 4.40. The van der Waals surface area contributed by atoms with E-state index >= 15 is 0 Å². The summed E-state index contributed by atoms with van der Waals surface area (Å²) in [6.45, 7) is 4.92. The average Bonchev–Trinajstić information content (AvgIpc) is 3.06. The maximum atomic E-state index is 4.85. The van der Waals surface area contributed by atoms with Crippen molar-refractivity contribution in [2.24, 2.45) is 0 Å². The van der Waals surface area contributed by atoms with E-state index in [1.54, 1.807) is 0 Å². The van der Waals surface area contributed by atoms with E-state index in [1.165, 1.54) is 5.56 Å². The van der Waals surface area contributed by atoms with Crippen LogP contribution in [0.5, 0.6) is 0 Å². The second-order valence-electron chi connectivity index (χ2n) is 6.40. The average molecular weight is 342 g/mol. The number of benzene rings is 2. The van der Waals surface area contributed by atoms with Gasteiger partial charge in [0, 0.05) is 23.9 Å². The maximum absolute atomic E-state index is 4.85. The molecule has 0 saturated carbocycles. The molecule has 2 aromatic heterocycles. The van der Waals surface area contributed by atoms with Crippen molar-refractivity contribution in [2.45, 2.75) is 26.8 Å². The van der Waals surface area contributed by atoms with E-state index in [0.29, 0.717) is 0 Å². The van der Waals surface area contributed by atoms with Crippen molar-refractivity contribution >= 4 is 11.5 Å².